The number of nitrogens with one attached hydrogen (secondary N) is 1. The van der Waals surface area contributed by atoms with Gasteiger partial charge in [0.25, 0.3) is 0 Å². The van der Waals surface area contributed by atoms with E-state index >= 15 is 0 Å². The Bertz CT molecular complexity index is 299. The third kappa shape index (κ3) is 1.59. The third-order valence-corrected chi connectivity index (χ3v) is 1.39. The Hall–Kier alpha value is -1.43. The smallest absolute Gasteiger partial charge is 0.342 e. The van der Waals surface area contributed by atoms with Crippen molar-refractivity contribution < 1.29 is 10.0 Å². The van der Waals surface area contributed by atoms with Crippen LogP contribution in [0.25, 0.3) is 0 Å². The molecular formula is C6H9N3O3. The number of aromatic nitrogens is 2. The SMILES string of the molecule is CC(C)(O)c1cc([N+](=O)[O-])[nH]n1. The summed E-state index contributed by atoms with van der Waals surface area (Å²) < 4.78 is 0. The van der Waals surface area contributed by atoms with Crippen molar-refractivity contribution in [1.29, 1.82) is 0 Å². The lowest BCUT2D eigenvalue weighted by Crippen LogP contribution is -2.15. The van der Waals surface area contributed by atoms with Crippen molar-refractivity contribution in [2.75, 3.05) is 0 Å². The highest BCUT2D eigenvalue weighted by atomic mass is 16.6. The first-order chi connectivity index (χ1) is 5.41. The molecule has 6 nitrogen and oxygen atoms in total. The molecule has 0 amide bonds. The molecule has 2 N–H and O–H groups in total. The second kappa shape index (κ2) is 2.56. The van der Waals surface area contributed by atoms with E-state index in [0.717, 1.165) is 0 Å². The van der Waals surface area contributed by atoms with Gasteiger partial charge in [-0.1, -0.05) is 5.10 Å². The molecule has 1 heterocycles. The summed E-state index contributed by atoms with van der Waals surface area (Å²) in [6, 6.07) is 1.21. The second-order valence-electron chi connectivity index (χ2n) is 2.95. The molecule has 1 rings (SSSR count). The van der Waals surface area contributed by atoms with Crippen LogP contribution >= 0.6 is 0 Å². The Morgan fingerprint density at radius 2 is 2.33 bits per heavy atom. The van der Waals surface area contributed by atoms with Gasteiger partial charge < -0.3 is 15.2 Å². The highest BCUT2D eigenvalue weighted by molar-refractivity contribution is 5.23. The largest absolute Gasteiger partial charge is 0.384 e. The molecule has 1 aromatic rings. The van der Waals surface area contributed by atoms with Gasteiger partial charge in [0.05, 0.1) is 6.07 Å². The van der Waals surface area contributed by atoms with Crippen molar-refractivity contribution in [3.8, 4) is 0 Å². The van der Waals surface area contributed by atoms with E-state index in [4.69, 9.17) is 0 Å². The third-order valence-electron chi connectivity index (χ3n) is 1.39. The summed E-state index contributed by atoms with van der Waals surface area (Å²) in [7, 11) is 0. The van der Waals surface area contributed by atoms with Gasteiger partial charge in [-0.3, -0.25) is 0 Å². The Balaban J connectivity index is 3.00. The van der Waals surface area contributed by atoms with Crippen LogP contribution in [0.1, 0.15) is 19.5 Å². The van der Waals surface area contributed by atoms with Gasteiger partial charge in [-0.05, 0) is 18.8 Å². The number of hydrogen-bond acceptors (Lipinski definition) is 4. The van der Waals surface area contributed by atoms with Crippen LogP contribution in [0.4, 0.5) is 5.82 Å². The number of H-pyrrole nitrogens is 1. The summed E-state index contributed by atoms with van der Waals surface area (Å²) in [5.41, 5.74) is -0.890. The Labute approximate surface area is 68.4 Å². The predicted molar refractivity (Wildman–Crippen MR) is 40.5 cm³/mol. The fraction of sp³-hybridized carbons (Fsp3) is 0.500. The molecule has 0 fully saturated rings. The standard InChI is InChI=1S/C6H9N3O3/c1-6(2,10)4-3-5(8-7-4)9(11)12/h3,10H,1-2H3,(H,7,8). The zero-order valence-electron chi connectivity index (χ0n) is 6.74. The lowest BCUT2D eigenvalue weighted by molar-refractivity contribution is -0.389. The van der Waals surface area contributed by atoms with Crippen molar-refractivity contribution in [3.63, 3.8) is 0 Å². The van der Waals surface area contributed by atoms with E-state index in [-0.39, 0.29) is 11.5 Å². The second-order valence-corrected chi connectivity index (χ2v) is 2.95. The Morgan fingerprint density at radius 3 is 2.58 bits per heavy atom. The quantitative estimate of drug-likeness (QED) is 0.501. The molecule has 0 saturated carbocycles. The van der Waals surface area contributed by atoms with E-state index < -0.39 is 10.5 Å². The van der Waals surface area contributed by atoms with E-state index in [0.29, 0.717) is 0 Å². The minimum absolute atomic E-state index is 0.216. The topological polar surface area (TPSA) is 92.0 Å². The molecule has 0 atom stereocenters. The molecule has 6 heteroatoms. The number of nitrogens with zero attached hydrogens (tertiary/aromatic N) is 2. The van der Waals surface area contributed by atoms with Gasteiger partial charge in [0.15, 0.2) is 0 Å². The molecule has 1 aromatic heterocycles. The lowest BCUT2D eigenvalue weighted by Gasteiger charge is -2.10. The molecule has 0 spiro atoms. The minimum atomic E-state index is -1.15. The van der Waals surface area contributed by atoms with Crippen molar-refractivity contribution >= 4 is 5.82 Å². The first-order valence-corrected chi connectivity index (χ1v) is 3.34. The van der Waals surface area contributed by atoms with Gasteiger partial charge >= 0.3 is 5.82 Å². The average Bonchev–Trinajstić information content (AvgIpc) is 2.30. The highest BCUT2D eigenvalue weighted by Crippen LogP contribution is 2.20. The molecule has 0 aliphatic heterocycles. The van der Waals surface area contributed by atoms with Gasteiger partial charge in [0.2, 0.25) is 0 Å². The Morgan fingerprint density at radius 1 is 1.75 bits per heavy atom. The van der Waals surface area contributed by atoms with Gasteiger partial charge in [0, 0.05) is 0 Å². The zero-order valence-corrected chi connectivity index (χ0v) is 6.74. The van der Waals surface area contributed by atoms with E-state index in [9.17, 15) is 15.2 Å². The summed E-state index contributed by atoms with van der Waals surface area (Å²) in [4.78, 5) is 9.60. The fourth-order valence-corrected chi connectivity index (χ4v) is 0.718. The molecule has 0 aliphatic rings. The van der Waals surface area contributed by atoms with Crippen LogP contribution in [-0.2, 0) is 5.60 Å². The first kappa shape index (κ1) is 8.66. The molecule has 0 radical (unpaired) electrons. The minimum Gasteiger partial charge on any atom is -0.384 e. The number of rotatable bonds is 2. The lowest BCUT2D eigenvalue weighted by atomic mass is 10.1. The van der Waals surface area contributed by atoms with Crippen LogP contribution in [0.3, 0.4) is 0 Å². The Kier molecular flexibility index (Phi) is 1.85. The molecule has 0 aliphatic carbocycles. The van der Waals surface area contributed by atoms with Crippen LogP contribution < -0.4 is 0 Å². The number of aliphatic hydroxyl groups is 1. The van der Waals surface area contributed by atoms with Crippen LogP contribution in [-0.4, -0.2) is 20.2 Å². The summed E-state index contributed by atoms with van der Waals surface area (Å²) >= 11 is 0. The van der Waals surface area contributed by atoms with Crippen molar-refractivity contribution in [1.82, 2.24) is 10.2 Å². The summed E-state index contributed by atoms with van der Waals surface area (Å²) in [6.07, 6.45) is 0. The summed E-state index contributed by atoms with van der Waals surface area (Å²) in [6.45, 7) is 3.01. The van der Waals surface area contributed by atoms with E-state index in [1.165, 1.54) is 19.9 Å². The van der Waals surface area contributed by atoms with Crippen LogP contribution in [0.2, 0.25) is 0 Å². The predicted octanol–water partition coefficient (Wildman–Crippen LogP) is 0.545. The van der Waals surface area contributed by atoms with Crippen LogP contribution in [0.15, 0.2) is 6.07 Å². The summed E-state index contributed by atoms with van der Waals surface area (Å²) in [5, 5.41) is 25.4. The number of hydrogen-bond donors (Lipinski definition) is 2. The van der Waals surface area contributed by atoms with E-state index in [1.807, 2.05) is 0 Å². The van der Waals surface area contributed by atoms with Gasteiger partial charge in [-0.25, -0.2) is 0 Å². The fourth-order valence-electron chi connectivity index (χ4n) is 0.718. The average molecular weight is 171 g/mol. The first-order valence-electron chi connectivity index (χ1n) is 3.34. The zero-order chi connectivity index (χ0) is 9.35. The van der Waals surface area contributed by atoms with Crippen molar-refractivity contribution in [3.05, 3.63) is 21.9 Å². The number of nitro groups is 1. The maximum atomic E-state index is 10.2. The molecule has 0 bridgehead atoms. The molecule has 0 unspecified atom stereocenters. The maximum Gasteiger partial charge on any atom is 0.342 e. The molecular weight excluding hydrogens is 162 g/mol. The normalized spacial score (nSPS) is 11.6. The summed E-state index contributed by atoms with van der Waals surface area (Å²) in [5.74, 6) is -0.216. The van der Waals surface area contributed by atoms with Crippen LogP contribution in [0, 0.1) is 10.1 Å². The molecule has 66 valence electrons. The van der Waals surface area contributed by atoms with Crippen LogP contribution in [0.5, 0.6) is 0 Å². The van der Waals surface area contributed by atoms with Gasteiger partial charge in [-0.15, -0.1) is 5.10 Å². The van der Waals surface area contributed by atoms with E-state index in [2.05, 4.69) is 10.2 Å². The van der Waals surface area contributed by atoms with Crippen molar-refractivity contribution in [2.45, 2.75) is 19.4 Å². The molecule has 0 saturated heterocycles. The number of aromatic amines is 1. The maximum absolute atomic E-state index is 10.2. The van der Waals surface area contributed by atoms with E-state index in [1.54, 1.807) is 0 Å². The van der Waals surface area contributed by atoms with Gasteiger partial charge in [-0.2, -0.15) is 0 Å². The molecule has 12 heavy (non-hydrogen) atoms. The monoisotopic (exact) mass is 171 g/mol. The molecule has 0 aromatic carbocycles. The van der Waals surface area contributed by atoms with Crippen molar-refractivity contribution in [2.24, 2.45) is 0 Å². The highest BCUT2D eigenvalue weighted by Gasteiger charge is 2.23. The van der Waals surface area contributed by atoms with Gasteiger partial charge in [0.1, 0.15) is 11.3 Å².